The first-order valence-corrected chi connectivity index (χ1v) is 8.07. The lowest BCUT2D eigenvalue weighted by Gasteiger charge is -2.25. The highest BCUT2D eigenvalue weighted by Gasteiger charge is 2.31. The van der Waals surface area contributed by atoms with Crippen LogP contribution >= 0.6 is 35.6 Å². The number of benzene rings is 1. The molecule has 1 aromatic carbocycles. The van der Waals surface area contributed by atoms with Crippen molar-refractivity contribution in [2.24, 2.45) is 10.4 Å². The van der Waals surface area contributed by atoms with E-state index in [0.717, 1.165) is 29.6 Å². The Morgan fingerprint density at radius 3 is 2.74 bits per heavy atom. The third-order valence-electron chi connectivity index (χ3n) is 4.14. The number of guanidine groups is 1. The van der Waals surface area contributed by atoms with Crippen molar-refractivity contribution in [2.75, 3.05) is 33.8 Å². The molecular formula is C17H27ClIN3O. The fourth-order valence-electron chi connectivity index (χ4n) is 2.85. The molecule has 0 aromatic heterocycles. The maximum atomic E-state index is 6.06. The van der Waals surface area contributed by atoms with Gasteiger partial charge in [0.05, 0.1) is 6.10 Å². The van der Waals surface area contributed by atoms with E-state index in [0.29, 0.717) is 12.0 Å². The summed E-state index contributed by atoms with van der Waals surface area (Å²) >= 11 is 6.06. The number of likely N-dealkylation sites (tertiary alicyclic amines) is 1. The summed E-state index contributed by atoms with van der Waals surface area (Å²) in [6.07, 6.45) is 1.14. The Morgan fingerprint density at radius 1 is 1.48 bits per heavy atom. The van der Waals surface area contributed by atoms with E-state index >= 15 is 0 Å². The van der Waals surface area contributed by atoms with Crippen LogP contribution in [0.5, 0.6) is 0 Å². The van der Waals surface area contributed by atoms with Gasteiger partial charge in [0.2, 0.25) is 0 Å². The van der Waals surface area contributed by atoms with Crippen LogP contribution in [0.15, 0.2) is 29.3 Å². The van der Waals surface area contributed by atoms with Gasteiger partial charge in [-0.15, -0.1) is 24.0 Å². The van der Waals surface area contributed by atoms with Gasteiger partial charge < -0.3 is 15.0 Å². The zero-order valence-electron chi connectivity index (χ0n) is 14.3. The molecule has 1 fully saturated rings. The van der Waals surface area contributed by atoms with Crippen LogP contribution in [0.1, 0.15) is 31.9 Å². The number of rotatable bonds is 4. The normalized spacial score (nSPS) is 18.5. The quantitative estimate of drug-likeness (QED) is 0.428. The zero-order chi connectivity index (χ0) is 16.2. The standard InChI is InChI=1S/C17H26ClN3O.HI/c1-17(2)8-9-21(12-17)16(19-3)20-11-15(22-4)13-6-5-7-14(18)10-13;/h5-7,10,15H,8-9,11-12H2,1-4H3,(H,19,20);1H. The summed E-state index contributed by atoms with van der Waals surface area (Å²) in [5.41, 5.74) is 1.42. The fourth-order valence-corrected chi connectivity index (χ4v) is 3.05. The Balaban J connectivity index is 0.00000264. The zero-order valence-corrected chi connectivity index (χ0v) is 17.4. The lowest BCUT2D eigenvalue weighted by atomic mass is 9.93. The van der Waals surface area contributed by atoms with Crippen LogP contribution in [0.4, 0.5) is 0 Å². The van der Waals surface area contributed by atoms with Gasteiger partial charge in [-0.25, -0.2) is 0 Å². The molecule has 6 heteroatoms. The summed E-state index contributed by atoms with van der Waals surface area (Å²) in [5, 5.41) is 4.15. The van der Waals surface area contributed by atoms with Crippen LogP contribution < -0.4 is 5.32 Å². The minimum Gasteiger partial charge on any atom is -0.375 e. The summed E-state index contributed by atoms with van der Waals surface area (Å²) in [5.74, 6) is 0.939. The number of nitrogens with zero attached hydrogens (tertiary/aromatic N) is 2. The van der Waals surface area contributed by atoms with Crippen molar-refractivity contribution in [1.82, 2.24) is 10.2 Å². The molecule has 0 amide bonds. The van der Waals surface area contributed by atoms with Gasteiger partial charge in [-0.05, 0) is 29.5 Å². The van der Waals surface area contributed by atoms with Crippen molar-refractivity contribution in [3.63, 3.8) is 0 Å². The highest BCUT2D eigenvalue weighted by Crippen LogP contribution is 2.28. The first-order chi connectivity index (χ1) is 10.4. The largest absolute Gasteiger partial charge is 0.375 e. The van der Waals surface area contributed by atoms with E-state index in [-0.39, 0.29) is 30.1 Å². The van der Waals surface area contributed by atoms with Gasteiger partial charge in [0.15, 0.2) is 5.96 Å². The molecule has 0 radical (unpaired) electrons. The molecule has 1 atom stereocenters. The van der Waals surface area contributed by atoms with Crippen LogP contribution in [0, 0.1) is 5.41 Å². The van der Waals surface area contributed by atoms with Gasteiger partial charge in [0.1, 0.15) is 0 Å². The lowest BCUT2D eigenvalue weighted by molar-refractivity contribution is 0.106. The second-order valence-electron chi connectivity index (χ2n) is 6.54. The minimum absolute atomic E-state index is 0. The Hall–Kier alpha value is -0.530. The Labute approximate surface area is 161 Å². The summed E-state index contributed by atoms with van der Waals surface area (Å²) < 4.78 is 5.60. The van der Waals surface area contributed by atoms with Gasteiger partial charge in [0.25, 0.3) is 0 Å². The molecule has 1 aliphatic heterocycles. The summed E-state index contributed by atoms with van der Waals surface area (Å²) in [6, 6.07) is 7.79. The van der Waals surface area contributed by atoms with Gasteiger partial charge in [-0.1, -0.05) is 37.6 Å². The first kappa shape index (κ1) is 20.5. The number of hydrogen-bond donors (Lipinski definition) is 1. The second kappa shape index (κ2) is 9.08. The van der Waals surface area contributed by atoms with Crippen LogP contribution in [0.2, 0.25) is 5.02 Å². The molecule has 1 aromatic rings. The fraction of sp³-hybridized carbons (Fsp3) is 0.588. The summed E-state index contributed by atoms with van der Waals surface area (Å²) in [7, 11) is 3.55. The molecule has 2 rings (SSSR count). The number of hydrogen-bond acceptors (Lipinski definition) is 2. The molecule has 0 spiro atoms. The molecule has 1 saturated heterocycles. The highest BCUT2D eigenvalue weighted by molar-refractivity contribution is 14.0. The van der Waals surface area contributed by atoms with E-state index in [4.69, 9.17) is 16.3 Å². The van der Waals surface area contributed by atoms with E-state index in [2.05, 4.69) is 29.1 Å². The second-order valence-corrected chi connectivity index (χ2v) is 6.98. The van der Waals surface area contributed by atoms with Crippen molar-refractivity contribution < 1.29 is 4.74 Å². The van der Waals surface area contributed by atoms with Crippen LogP contribution in [-0.4, -0.2) is 44.7 Å². The first-order valence-electron chi connectivity index (χ1n) is 7.69. The Bertz CT molecular complexity index is 536. The maximum absolute atomic E-state index is 6.06. The Kier molecular flexibility index (Phi) is 8.10. The van der Waals surface area contributed by atoms with E-state index in [9.17, 15) is 0 Å². The van der Waals surface area contributed by atoms with Crippen molar-refractivity contribution >= 4 is 41.5 Å². The van der Waals surface area contributed by atoms with E-state index in [1.54, 1.807) is 7.11 Å². The van der Waals surface area contributed by atoms with Crippen LogP contribution in [0.3, 0.4) is 0 Å². The molecule has 0 aliphatic carbocycles. The number of methoxy groups -OCH3 is 1. The van der Waals surface area contributed by atoms with Gasteiger partial charge in [0, 0.05) is 38.8 Å². The number of ether oxygens (including phenoxy) is 1. The maximum Gasteiger partial charge on any atom is 0.193 e. The van der Waals surface area contributed by atoms with Gasteiger partial charge in [-0.2, -0.15) is 0 Å². The number of halogens is 2. The predicted octanol–water partition coefficient (Wildman–Crippen LogP) is 3.95. The molecule has 1 N–H and O–H groups in total. The van der Waals surface area contributed by atoms with Gasteiger partial charge in [-0.3, -0.25) is 4.99 Å². The van der Waals surface area contributed by atoms with Crippen molar-refractivity contribution in [2.45, 2.75) is 26.4 Å². The molecule has 0 saturated carbocycles. The smallest absolute Gasteiger partial charge is 0.193 e. The molecule has 23 heavy (non-hydrogen) atoms. The molecule has 4 nitrogen and oxygen atoms in total. The molecule has 130 valence electrons. The predicted molar refractivity (Wildman–Crippen MR) is 108 cm³/mol. The van der Waals surface area contributed by atoms with Crippen LogP contribution in [0.25, 0.3) is 0 Å². The highest BCUT2D eigenvalue weighted by atomic mass is 127. The molecule has 1 unspecified atom stereocenters. The van der Waals surface area contributed by atoms with E-state index < -0.39 is 0 Å². The Morgan fingerprint density at radius 2 is 2.22 bits per heavy atom. The van der Waals surface area contributed by atoms with Crippen LogP contribution in [-0.2, 0) is 4.74 Å². The van der Waals surface area contributed by atoms with E-state index in [1.165, 1.54) is 6.42 Å². The van der Waals surface area contributed by atoms with Crippen molar-refractivity contribution in [3.05, 3.63) is 34.9 Å². The van der Waals surface area contributed by atoms with E-state index in [1.807, 2.05) is 31.3 Å². The average molecular weight is 452 g/mol. The van der Waals surface area contributed by atoms with Crippen molar-refractivity contribution in [3.8, 4) is 0 Å². The van der Waals surface area contributed by atoms with Gasteiger partial charge >= 0.3 is 0 Å². The SMILES string of the molecule is CN=C(NCC(OC)c1cccc(Cl)c1)N1CCC(C)(C)C1.I. The number of aliphatic imine (C=N–C) groups is 1. The minimum atomic E-state index is -0.0499. The summed E-state index contributed by atoms with van der Waals surface area (Å²) in [4.78, 5) is 6.71. The molecule has 1 aliphatic rings. The lowest BCUT2D eigenvalue weighted by Crippen LogP contribution is -2.42. The summed E-state index contributed by atoms with van der Waals surface area (Å²) in [6.45, 7) is 7.33. The van der Waals surface area contributed by atoms with Crippen molar-refractivity contribution in [1.29, 1.82) is 0 Å². The third-order valence-corrected chi connectivity index (χ3v) is 4.37. The monoisotopic (exact) mass is 451 g/mol. The molecular weight excluding hydrogens is 425 g/mol. The average Bonchev–Trinajstić information content (AvgIpc) is 2.84. The topological polar surface area (TPSA) is 36.9 Å². The molecule has 0 bridgehead atoms. The number of nitrogens with one attached hydrogen (secondary N) is 1. The molecule has 1 heterocycles. The third kappa shape index (κ3) is 5.80.